The molecular formula is C47H41NO. The Bertz CT molecular complexity index is 2520. The van der Waals surface area contributed by atoms with Gasteiger partial charge in [-0.2, -0.15) is 0 Å². The summed E-state index contributed by atoms with van der Waals surface area (Å²) in [7, 11) is 0. The van der Waals surface area contributed by atoms with Crippen molar-refractivity contribution < 1.29 is 4.42 Å². The molecule has 3 aliphatic carbocycles. The van der Waals surface area contributed by atoms with Crippen LogP contribution in [0.3, 0.4) is 0 Å². The number of fused-ring (bicyclic) bond motifs is 11. The first-order chi connectivity index (χ1) is 23.7. The summed E-state index contributed by atoms with van der Waals surface area (Å²) in [5, 5.41) is 2.41. The van der Waals surface area contributed by atoms with Crippen molar-refractivity contribution in [2.75, 3.05) is 4.90 Å². The van der Waals surface area contributed by atoms with Crippen molar-refractivity contribution in [2.45, 2.75) is 71.1 Å². The predicted molar refractivity (Wildman–Crippen MR) is 205 cm³/mol. The van der Waals surface area contributed by atoms with Crippen LogP contribution >= 0.6 is 0 Å². The van der Waals surface area contributed by atoms with Crippen molar-refractivity contribution in [3.8, 4) is 22.3 Å². The first-order valence-electron chi connectivity index (χ1n) is 18.0. The fraction of sp³-hybridized carbons (Fsp3) is 0.234. The summed E-state index contributed by atoms with van der Waals surface area (Å²) in [6.07, 6.45) is 4.99. The van der Waals surface area contributed by atoms with Crippen LogP contribution in [-0.4, -0.2) is 0 Å². The third-order valence-electron chi connectivity index (χ3n) is 12.3. The average Bonchev–Trinajstić information content (AvgIpc) is 3.84. The van der Waals surface area contributed by atoms with Gasteiger partial charge in [-0.3, -0.25) is 0 Å². The lowest BCUT2D eigenvalue weighted by Gasteiger charge is -2.31. The normalized spacial score (nSPS) is 16.3. The monoisotopic (exact) mass is 635 g/mol. The predicted octanol–water partition coefficient (Wildman–Crippen LogP) is 13.1. The highest BCUT2D eigenvalue weighted by Crippen LogP contribution is 2.58. The van der Waals surface area contributed by atoms with E-state index in [0.29, 0.717) is 0 Å². The zero-order valence-electron chi connectivity index (χ0n) is 29.1. The van der Waals surface area contributed by atoms with Gasteiger partial charge in [0.1, 0.15) is 11.2 Å². The molecule has 10 rings (SSSR count). The fourth-order valence-corrected chi connectivity index (χ4v) is 10.0. The Kier molecular flexibility index (Phi) is 5.89. The molecule has 0 saturated heterocycles. The molecule has 0 radical (unpaired) electrons. The van der Waals surface area contributed by atoms with Gasteiger partial charge in [-0.25, -0.2) is 0 Å². The molecular weight excluding hydrogens is 595 g/mol. The molecule has 0 unspecified atom stereocenters. The van der Waals surface area contributed by atoms with Crippen molar-refractivity contribution in [2.24, 2.45) is 0 Å². The molecule has 2 nitrogen and oxygen atoms in total. The van der Waals surface area contributed by atoms with Gasteiger partial charge in [0.2, 0.25) is 0 Å². The Labute approximate surface area is 289 Å². The van der Waals surface area contributed by atoms with Crippen LogP contribution in [0.5, 0.6) is 0 Å². The van der Waals surface area contributed by atoms with Crippen LogP contribution in [0.2, 0.25) is 0 Å². The highest BCUT2D eigenvalue weighted by atomic mass is 16.3. The minimum Gasteiger partial charge on any atom is -0.456 e. The van der Waals surface area contributed by atoms with E-state index >= 15 is 0 Å². The van der Waals surface area contributed by atoms with Gasteiger partial charge in [0, 0.05) is 39.0 Å². The molecule has 1 fully saturated rings. The zero-order valence-corrected chi connectivity index (χ0v) is 29.1. The van der Waals surface area contributed by atoms with E-state index in [2.05, 4.69) is 149 Å². The second kappa shape index (κ2) is 9.98. The molecule has 1 spiro atoms. The molecule has 7 aromatic rings. The highest BCUT2D eigenvalue weighted by Gasteiger charge is 2.45. The molecule has 3 aliphatic rings. The highest BCUT2D eigenvalue weighted by molar-refractivity contribution is 6.08. The Morgan fingerprint density at radius 3 is 1.90 bits per heavy atom. The Hall–Kier alpha value is -5.08. The van der Waals surface area contributed by atoms with Crippen LogP contribution in [-0.2, 0) is 10.8 Å². The third kappa shape index (κ3) is 3.89. The van der Waals surface area contributed by atoms with Crippen molar-refractivity contribution in [1.29, 1.82) is 0 Å². The lowest BCUT2D eigenvalue weighted by atomic mass is 9.76. The molecule has 0 N–H and O–H groups in total. The molecule has 2 heteroatoms. The van der Waals surface area contributed by atoms with Gasteiger partial charge in [0.15, 0.2) is 0 Å². The third-order valence-corrected chi connectivity index (χ3v) is 12.3. The van der Waals surface area contributed by atoms with E-state index in [1.165, 1.54) is 109 Å². The van der Waals surface area contributed by atoms with Crippen LogP contribution in [0.15, 0.2) is 114 Å². The van der Waals surface area contributed by atoms with Gasteiger partial charge < -0.3 is 9.32 Å². The second-order valence-electron chi connectivity index (χ2n) is 15.5. The minimum absolute atomic E-state index is 0.0891. The zero-order chi connectivity index (χ0) is 33.2. The largest absolute Gasteiger partial charge is 0.456 e. The summed E-state index contributed by atoms with van der Waals surface area (Å²) in [6, 6.07) is 41.6. The molecule has 1 heterocycles. The molecule has 0 bridgehead atoms. The SMILES string of the molecule is Cc1cc(C)c2c(c1)oc1cc(N(c3ccc4c(c3)C(C)(C)c3ccccc3-4)c3ccc4c(c3)C3(CCCC3)c3ccccc3-4)c(C)cc12. The van der Waals surface area contributed by atoms with E-state index in [4.69, 9.17) is 4.42 Å². The van der Waals surface area contributed by atoms with Crippen LogP contribution < -0.4 is 4.90 Å². The van der Waals surface area contributed by atoms with Crippen molar-refractivity contribution in [1.82, 2.24) is 0 Å². The number of nitrogens with zero attached hydrogens (tertiary/aromatic N) is 1. The number of anilines is 3. The van der Waals surface area contributed by atoms with Crippen LogP contribution in [0.4, 0.5) is 17.1 Å². The van der Waals surface area contributed by atoms with E-state index in [1.54, 1.807) is 0 Å². The van der Waals surface area contributed by atoms with Gasteiger partial charge in [-0.15, -0.1) is 0 Å². The number of rotatable bonds is 3. The molecule has 0 aliphatic heterocycles. The molecule has 0 amide bonds. The maximum absolute atomic E-state index is 6.65. The molecule has 0 atom stereocenters. The second-order valence-corrected chi connectivity index (χ2v) is 15.5. The Morgan fingerprint density at radius 2 is 1.16 bits per heavy atom. The van der Waals surface area contributed by atoms with Gasteiger partial charge in [0.25, 0.3) is 0 Å². The maximum Gasteiger partial charge on any atom is 0.137 e. The van der Waals surface area contributed by atoms with Crippen molar-refractivity contribution >= 4 is 39.0 Å². The Balaban J connectivity index is 1.22. The van der Waals surface area contributed by atoms with Gasteiger partial charge in [-0.1, -0.05) is 93.4 Å². The fourth-order valence-electron chi connectivity index (χ4n) is 10.0. The van der Waals surface area contributed by atoms with Crippen molar-refractivity contribution in [3.05, 3.63) is 148 Å². The summed E-state index contributed by atoms with van der Waals surface area (Å²) in [4.78, 5) is 2.51. The van der Waals surface area contributed by atoms with E-state index < -0.39 is 0 Å². The molecule has 1 saturated carbocycles. The van der Waals surface area contributed by atoms with E-state index in [9.17, 15) is 0 Å². The molecule has 49 heavy (non-hydrogen) atoms. The number of hydrogen-bond donors (Lipinski definition) is 0. The summed E-state index contributed by atoms with van der Waals surface area (Å²) >= 11 is 0. The topological polar surface area (TPSA) is 16.4 Å². The van der Waals surface area contributed by atoms with Gasteiger partial charge >= 0.3 is 0 Å². The van der Waals surface area contributed by atoms with E-state index in [-0.39, 0.29) is 10.8 Å². The number of hydrogen-bond acceptors (Lipinski definition) is 2. The standard InChI is InChI=1S/C47H41NO/c1-28-22-30(3)45-37-24-29(2)42(27-43(37)49-44(45)23-28)48(31-16-18-35-33-12-6-8-14-38(33)46(4,5)40(35)25-31)32-17-19-36-34-13-7-9-15-39(34)47(41(36)26-32)20-10-11-21-47/h6-9,12-19,22-27H,10-11,20-21H2,1-5H3. The van der Waals surface area contributed by atoms with Gasteiger partial charge in [0.05, 0.1) is 5.69 Å². The summed E-state index contributed by atoms with van der Waals surface area (Å²) in [5.74, 6) is 0. The van der Waals surface area contributed by atoms with Crippen molar-refractivity contribution in [3.63, 3.8) is 0 Å². The van der Waals surface area contributed by atoms with Crippen LogP contribution in [0, 0.1) is 20.8 Å². The van der Waals surface area contributed by atoms with Gasteiger partial charge in [-0.05, 0) is 131 Å². The molecule has 240 valence electrons. The number of benzene rings is 6. The van der Waals surface area contributed by atoms with Crippen LogP contribution in [0.25, 0.3) is 44.2 Å². The first-order valence-corrected chi connectivity index (χ1v) is 18.0. The minimum atomic E-state index is -0.0891. The lowest BCUT2D eigenvalue weighted by Crippen LogP contribution is -2.21. The molecule has 6 aromatic carbocycles. The number of furan rings is 1. The number of aryl methyl sites for hydroxylation is 3. The molecule has 1 aromatic heterocycles. The average molecular weight is 636 g/mol. The first kappa shape index (κ1) is 28.9. The van der Waals surface area contributed by atoms with E-state index in [0.717, 1.165) is 16.9 Å². The quantitative estimate of drug-likeness (QED) is 0.192. The smallest absolute Gasteiger partial charge is 0.137 e. The lowest BCUT2D eigenvalue weighted by molar-refractivity contribution is 0.550. The summed E-state index contributed by atoms with van der Waals surface area (Å²) in [5.41, 5.74) is 20.5. The van der Waals surface area contributed by atoms with Crippen LogP contribution in [0.1, 0.15) is 78.5 Å². The summed E-state index contributed by atoms with van der Waals surface area (Å²) < 4.78 is 6.65. The van der Waals surface area contributed by atoms with E-state index in [1.807, 2.05) is 0 Å². The maximum atomic E-state index is 6.65. The Morgan fingerprint density at radius 1 is 0.551 bits per heavy atom. The summed E-state index contributed by atoms with van der Waals surface area (Å²) in [6.45, 7) is 11.4.